The van der Waals surface area contributed by atoms with Gasteiger partial charge in [-0.25, -0.2) is 4.68 Å². The van der Waals surface area contributed by atoms with Crippen molar-refractivity contribution in [1.82, 2.24) is 25.2 Å². The average molecular weight is 572 g/mol. The van der Waals surface area contributed by atoms with E-state index in [1.165, 1.54) is 22.8 Å². The summed E-state index contributed by atoms with van der Waals surface area (Å²) >= 11 is 0. The predicted molar refractivity (Wildman–Crippen MR) is 153 cm³/mol. The lowest BCUT2D eigenvalue weighted by atomic mass is 9.94. The highest BCUT2D eigenvalue weighted by Crippen LogP contribution is 2.36. The monoisotopic (exact) mass is 571 g/mol. The molecule has 1 atom stereocenters. The summed E-state index contributed by atoms with van der Waals surface area (Å²) in [5, 5.41) is 22.3. The van der Waals surface area contributed by atoms with Gasteiger partial charge in [-0.15, -0.1) is 5.10 Å². The molecule has 42 heavy (non-hydrogen) atoms. The number of phenolic OH excluding ortho intramolecular Hbond substituents is 1. The summed E-state index contributed by atoms with van der Waals surface area (Å²) in [5.74, 6) is 0.687. The van der Waals surface area contributed by atoms with Crippen molar-refractivity contribution in [2.45, 2.75) is 57.3 Å². The van der Waals surface area contributed by atoms with Crippen LogP contribution < -0.4 is 19.5 Å². The molecule has 2 N–H and O–H groups in total. The summed E-state index contributed by atoms with van der Waals surface area (Å²) in [6.45, 7) is 0.0798. The second-order valence-corrected chi connectivity index (χ2v) is 10.6. The third-order valence-electron chi connectivity index (χ3n) is 7.85. The van der Waals surface area contributed by atoms with E-state index >= 15 is 0 Å². The van der Waals surface area contributed by atoms with Gasteiger partial charge >= 0.3 is 0 Å². The lowest BCUT2D eigenvalue weighted by Crippen LogP contribution is -2.47. The van der Waals surface area contributed by atoms with Crippen molar-refractivity contribution in [2.75, 3.05) is 13.9 Å². The molecule has 1 fully saturated rings. The van der Waals surface area contributed by atoms with E-state index in [1.54, 1.807) is 18.2 Å². The number of amides is 2. The molecule has 11 heteroatoms. The molecular weight excluding hydrogens is 538 g/mol. The Balaban J connectivity index is 1.39. The molecule has 2 heterocycles. The van der Waals surface area contributed by atoms with Crippen molar-refractivity contribution in [3.05, 3.63) is 71.8 Å². The first-order valence-electron chi connectivity index (χ1n) is 14.1. The number of methoxy groups -OCH3 is 1. The Hall–Kier alpha value is -4.80. The van der Waals surface area contributed by atoms with E-state index in [4.69, 9.17) is 14.2 Å². The summed E-state index contributed by atoms with van der Waals surface area (Å²) in [6, 6.07) is 16.6. The van der Waals surface area contributed by atoms with E-state index in [2.05, 4.69) is 15.6 Å². The van der Waals surface area contributed by atoms with Crippen LogP contribution in [0.15, 0.2) is 60.7 Å². The van der Waals surface area contributed by atoms with Crippen molar-refractivity contribution in [3.63, 3.8) is 0 Å². The molecule has 0 bridgehead atoms. The number of benzene rings is 3. The molecule has 1 aromatic heterocycles. The molecule has 1 aliphatic heterocycles. The molecule has 218 valence electrons. The molecule has 0 radical (unpaired) electrons. The number of fused-ring (bicyclic) bond motifs is 2. The normalized spacial score (nSPS) is 15.4. The number of nitrogens with one attached hydrogen (secondary N) is 1. The summed E-state index contributed by atoms with van der Waals surface area (Å²) in [5.41, 5.74) is 2.59. The van der Waals surface area contributed by atoms with E-state index in [1.807, 2.05) is 36.4 Å². The fourth-order valence-electron chi connectivity index (χ4n) is 5.69. The van der Waals surface area contributed by atoms with Crippen LogP contribution in [-0.4, -0.2) is 56.8 Å². The highest BCUT2D eigenvalue weighted by atomic mass is 16.7. The van der Waals surface area contributed by atoms with Crippen LogP contribution >= 0.6 is 0 Å². The van der Waals surface area contributed by atoms with E-state index in [-0.39, 0.29) is 49.2 Å². The number of hydrogen-bond donors (Lipinski definition) is 2. The number of aromatic hydroxyl groups is 1. The number of phenols is 1. The zero-order valence-corrected chi connectivity index (χ0v) is 23.4. The largest absolute Gasteiger partial charge is 0.504 e. The topological polar surface area (TPSA) is 128 Å². The molecule has 6 rings (SSSR count). The van der Waals surface area contributed by atoms with Gasteiger partial charge in [0.05, 0.1) is 12.6 Å². The first-order chi connectivity index (χ1) is 20.5. The number of nitrogens with zero attached hydrogens (tertiary/aromatic N) is 4. The highest BCUT2D eigenvalue weighted by Gasteiger charge is 2.34. The minimum absolute atomic E-state index is 0.0161. The van der Waals surface area contributed by atoms with Gasteiger partial charge in [0.2, 0.25) is 18.6 Å². The van der Waals surface area contributed by atoms with Gasteiger partial charge in [0, 0.05) is 12.6 Å². The van der Waals surface area contributed by atoms with Crippen LogP contribution in [0.2, 0.25) is 0 Å². The van der Waals surface area contributed by atoms with Gasteiger partial charge in [-0.05, 0) is 60.4 Å². The molecule has 0 saturated heterocycles. The number of carbonyl (C=O) groups excluding carboxylic acids is 2. The minimum Gasteiger partial charge on any atom is -0.504 e. The molecule has 0 unspecified atom stereocenters. The molecule has 0 spiro atoms. The maximum absolute atomic E-state index is 14.2. The van der Waals surface area contributed by atoms with Crippen LogP contribution in [0.25, 0.3) is 11.0 Å². The SMILES string of the molecule is COc1ccc([C@H](C(=O)NC2CCCCC2)N(Cc2ccc3c(c2)OCO3)C(=O)Cn2nnc3ccccc32)cc1O. The molecule has 11 nitrogen and oxygen atoms in total. The molecule has 3 aromatic carbocycles. The summed E-state index contributed by atoms with van der Waals surface area (Å²) in [7, 11) is 1.46. The van der Waals surface area contributed by atoms with Crippen LogP contribution in [0.3, 0.4) is 0 Å². The zero-order chi connectivity index (χ0) is 29.1. The number of carbonyl (C=O) groups is 2. The summed E-state index contributed by atoms with van der Waals surface area (Å²) in [6.07, 6.45) is 4.99. The first kappa shape index (κ1) is 27.4. The van der Waals surface area contributed by atoms with Crippen LogP contribution in [0.1, 0.15) is 49.3 Å². The fourth-order valence-corrected chi connectivity index (χ4v) is 5.69. The second kappa shape index (κ2) is 12.0. The Labute approximate surface area is 243 Å². The van der Waals surface area contributed by atoms with Gasteiger partial charge in [-0.1, -0.05) is 48.7 Å². The van der Waals surface area contributed by atoms with E-state index in [9.17, 15) is 14.7 Å². The van der Waals surface area contributed by atoms with Gasteiger partial charge < -0.3 is 29.5 Å². The Morgan fingerprint density at radius 2 is 1.88 bits per heavy atom. The number of hydrogen-bond acceptors (Lipinski definition) is 8. The lowest BCUT2D eigenvalue weighted by Gasteiger charge is -2.33. The second-order valence-electron chi connectivity index (χ2n) is 10.6. The third kappa shape index (κ3) is 5.67. The quantitative estimate of drug-likeness (QED) is 0.308. The van der Waals surface area contributed by atoms with Crippen LogP contribution in [0.4, 0.5) is 0 Å². The molecule has 2 amide bonds. The molecule has 4 aromatic rings. The number of para-hydroxylation sites is 1. The average Bonchev–Trinajstić information content (AvgIpc) is 3.64. The number of aromatic nitrogens is 3. The molecular formula is C31H33N5O6. The van der Waals surface area contributed by atoms with Crippen LogP contribution in [0.5, 0.6) is 23.0 Å². The first-order valence-corrected chi connectivity index (χ1v) is 14.1. The van der Waals surface area contributed by atoms with Crippen molar-refractivity contribution >= 4 is 22.8 Å². The molecule has 2 aliphatic rings. The maximum atomic E-state index is 14.2. The van der Waals surface area contributed by atoms with Crippen LogP contribution in [0, 0.1) is 0 Å². The molecule has 1 aliphatic carbocycles. The van der Waals surface area contributed by atoms with Crippen LogP contribution in [-0.2, 0) is 22.7 Å². The van der Waals surface area contributed by atoms with E-state index in [0.29, 0.717) is 28.1 Å². The van der Waals surface area contributed by atoms with Crippen molar-refractivity contribution < 1.29 is 28.9 Å². The highest BCUT2D eigenvalue weighted by molar-refractivity contribution is 5.89. The van der Waals surface area contributed by atoms with Crippen molar-refractivity contribution in [1.29, 1.82) is 0 Å². The Bertz CT molecular complexity index is 1600. The Kier molecular flexibility index (Phi) is 7.81. The van der Waals surface area contributed by atoms with Gasteiger partial charge in [0.15, 0.2) is 23.0 Å². The van der Waals surface area contributed by atoms with Crippen molar-refractivity contribution in [3.8, 4) is 23.0 Å². The third-order valence-corrected chi connectivity index (χ3v) is 7.85. The standard InChI is InChI=1S/C31H33N5O6/c1-40-26-14-12-21(16-25(26)37)30(31(39)32-22-7-3-2-4-8-22)35(17-20-11-13-27-28(15-20)42-19-41-27)29(38)18-36-24-10-6-5-9-23(24)33-34-36/h5-6,9-16,22,30,37H,2-4,7-8,17-19H2,1H3,(H,32,39)/t30-/m1/s1. The summed E-state index contributed by atoms with van der Waals surface area (Å²) < 4.78 is 17.8. The molecule has 1 saturated carbocycles. The zero-order valence-electron chi connectivity index (χ0n) is 23.4. The van der Waals surface area contributed by atoms with Gasteiger partial charge in [0.1, 0.15) is 18.1 Å². The predicted octanol–water partition coefficient (Wildman–Crippen LogP) is 4.09. The lowest BCUT2D eigenvalue weighted by molar-refractivity contribution is -0.142. The number of ether oxygens (including phenoxy) is 3. The minimum atomic E-state index is -1.04. The Morgan fingerprint density at radius 3 is 2.69 bits per heavy atom. The Morgan fingerprint density at radius 1 is 1.07 bits per heavy atom. The smallest absolute Gasteiger partial charge is 0.247 e. The summed E-state index contributed by atoms with van der Waals surface area (Å²) in [4.78, 5) is 29.9. The number of rotatable bonds is 9. The van der Waals surface area contributed by atoms with E-state index < -0.39 is 6.04 Å². The van der Waals surface area contributed by atoms with E-state index in [0.717, 1.165) is 37.7 Å². The fraction of sp³-hybridized carbons (Fsp3) is 0.355. The van der Waals surface area contributed by atoms with Gasteiger partial charge in [-0.2, -0.15) is 0 Å². The maximum Gasteiger partial charge on any atom is 0.247 e. The van der Waals surface area contributed by atoms with Gasteiger partial charge in [0.25, 0.3) is 0 Å². The van der Waals surface area contributed by atoms with Gasteiger partial charge in [-0.3, -0.25) is 9.59 Å². The van der Waals surface area contributed by atoms with Crippen molar-refractivity contribution in [2.24, 2.45) is 0 Å².